The van der Waals surface area contributed by atoms with Crippen LogP contribution in [0.3, 0.4) is 0 Å². The van der Waals surface area contributed by atoms with Gasteiger partial charge in [0.05, 0.1) is 0 Å². The van der Waals surface area contributed by atoms with Crippen molar-refractivity contribution in [3.8, 4) is 0 Å². The number of amides is 1. The van der Waals surface area contributed by atoms with Gasteiger partial charge in [0.1, 0.15) is 11.0 Å². The van der Waals surface area contributed by atoms with Gasteiger partial charge in [-0.15, -0.1) is 5.10 Å². The Kier molecular flexibility index (Phi) is 5.66. The molecule has 1 aromatic carbocycles. The summed E-state index contributed by atoms with van der Waals surface area (Å²) < 4.78 is 10.3. The van der Waals surface area contributed by atoms with E-state index in [4.69, 9.17) is 13.7 Å². The van der Waals surface area contributed by atoms with Gasteiger partial charge in [-0.1, -0.05) is 17.0 Å². The first-order chi connectivity index (χ1) is 10.2. The monoisotopic (exact) mass is 309 g/mol. The SMILES string of the molecule is CO[Si](CCCNC(=O)On1nnc2ccccc21)OC. The van der Waals surface area contributed by atoms with Crippen molar-refractivity contribution >= 4 is 26.4 Å². The Bertz CT molecular complexity index is 587. The molecule has 2 aromatic rings. The van der Waals surface area contributed by atoms with Gasteiger partial charge in [0, 0.05) is 20.8 Å². The van der Waals surface area contributed by atoms with Crippen molar-refractivity contribution in [1.82, 2.24) is 20.5 Å². The molecule has 0 spiro atoms. The van der Waals surface area contributed by atoms with Gasteiger partial charge in [-0.2, -0.15) is 0 Å². The Morgan fingerprint density at radius 2 is 2.10 bits per heavy atom. The molecule has 0 bridgehead atoms. The maximum Gasteiger partial charge on any atom is 0.433 e. The topological polar surface area (TPSA) is 87.5 Å². The van der Waals surface area contributed by atoms with Crippen LogP contribution in [0.15, 0.2) is 24.3 Å². The second-order valence-electron chi connectivity index (χ2n) is 4.14. The highest BCUT2D eigenvalue weighted by atomic mass is 28.3. The molecule has 0 fully saturated rings. The number of aromatic nitrogens is 3. The summed E-state index contributed by atoms with van der Waals surface area (Å²) in [7, 11) is 2.02. The van der Waals surface area contributed by atoms with Crippen LogP contribution in [-0.2, 0) is 8.85 Å². The molecule has 0 atom stereocenters. The summed E-state index contributed by atoms with van der Waals surface area (Å²) in [4.78, 5) is 17.8. The molecule has 1 amide bonds. The van der Waals surface area contributed by atoms with E-state index in [0.29, 0.717) is 17.6 Å². The van der Waals surface area contributed by atoms with E-state index in [1.165, 1.54) is 0 Å². The molecule has 0 aliphatic carbocycles. The lowest BCUT2D eigenvalue weighted by atomic mass is 10.3. The van der Waals surface area contributed by atoms with E-state index in [1.807, 2.05) is 12.1 Å². The van der Waals surface area contributed by atoms with Crippen molar-refractivity contribution in [1.29, 1.82) is 0 Å². The maximum absolute atomic E-state index is 11.7. The molecule has 113 valence electrons. The van der Waals surface area contributed by atoms with Crippen molar-refractivity contribution in [3.05, 3.63) is 24.3 Å². The van der Waals surface area contributed by atoms with Crippen LogP contribution in [0.25, 0.3) is 11.0 Å². The van der Waals surface area contributed by atoms with Gasteiger partial charge in [-0.05, 0) is 29.8 Å². The van der Waals surface area contributed by atoms with Crippen LogP contribution >= 0.6 is 0 Å². The number of hydrogen-bond acceptors (Lipinski definition) is 6. The zero-order valence-corrected chi connectivity index (χ0v) is 12.9. The number of fused-ring (bicyclic) bond motifs is 1. The lowest BCUT2D eigenvalue weighted by Crippen LogP contribution is -2.33. The van der Waals surface area contributed by atoms with Gasteiger partial charge < -0.3 is 14.2 Å². The summed E-state index contributed by atoms with van der Waals surface area (Å²) in [5.41, 5.74) is 1.30. The Morgan fingerprint density at radius 1 is 1.33 bits per heavy atom. The minimum atomic E-state index is -1.22. The first-order valence-corrected chi connectivity index (χ1v) is 7.97. The number of carbonyl (C=O) groups is 1. The lowest BCUT2D eigenvalue weighted by molar-refractivity contribution is 0.119. The Labute approximate surface area is 123 Å². The summed E-state index contributed by atoms with van der Waals surface area (Å²) in [6, 6.07) is 8.01. The molecule has 0 unspecified atom stereocenters. The fourth-order valence-corrected chi connectivity index (χ4v) is 2.78. The highest BCUT2D eigenvalue weighted by Gasteiger charge is 2.12. The number of nitrogens with zero attached hydrogens (tertiary/aromatic N) is 3. The van der Waals surface area contributed by atoms with Crippen LogP contribution in [0.2, 0.25) is 6.04 Å². The summed E-state index contributed by atoms with van der Waals surface area (Å²) >= 11 is 0. The molecule has 2 rings (SSSR count). The molecule has 0 aliphatic rings. The second kappa shape index (κ2) is 7.72. The lowest BCUT2D eigenvalue weighted by Gasteiger charge is -2.09. The normalized spacial score (nSPS) is 11.0. The molecule has 1 heterocycles. The van der Waals surface area contributed by atoms with Crippen LogP contribution in [0, 0.1) is 0 Å². The first kappa shape index (κ1) is 15.4. The Balaban J connectivity index is 1.77. The van der Waals surface area contributed by atoms with E-state index in [1.54, 1.807) is 26.4 Å². The first-order valence-electron chi connectivity index (χ1n) is 6.45. The molecule has 0 saturated carbocycles. The predicted molar refractivity (Wildman–Crippen MR) is 76.7 cm³/mol. The molecule has 9 heteroatoms. The molecular weight excluding hydrogens is 292 g/mol. The van der Waals surface area contributed by atoms with Crippen LogP contribution < -0.4 is 10.2 Å². The number of benzene rings is 1. The number of carbonyl (C=O) groups excluding carboxylic acids is 1. The molecule has 8 nitrogen and oxygen atoms in total. The number of nitrogens with one attached hydrogen (secondary N) is 1. The fourth-order valence-electron chi connectivity index (χ4n) is 1.74. The highest BCUT2D eigenvalue weighted by Crippen LogP contribution is 2.07. The van der Waals surface area contributed by atoms with Crippen molar-refractivity contribution < 1.29 is 18.5 Å². The smallest absolute Gasteiger partial charge is 0.397 e. The standard InChI is InChI=1S/C12H17N4O4Si/c1-18-21(19-2)9-5-8-13-12(17)20-16-11-7-4-3-6-10(11)14-15-16/h3-4,6-7H,5,8-9H2,1-2H3,(H,13,17). The van der Waals surface area contributed by atoms with Gasteiger partial charge in [0.25, 0.3) is 0 Å². The molecule has 1 radical (unpaired) electrons. The third-order valence-corrected chi connectivity index (χ3v) is 4.45. The van der Waals surface area contributed by atoms with E-state index in [0.717, 1.165) is 17.3 Å². The zero-order chi connectivity index (χ0) is 15.1. The van der Waals surface area contributed by atoms with Crippen molar-refractivity contribution in [2.75, 3.05) is 20.8 Å². The van der Waals surface area contributed by atoms with Gasteiger partial charge in [0.15, 0.2) is 0 Å². The Hall–Kier alpha value is -1.97. The third kappa shape index (κ3) is 4.25. The van der Waals surface area contributed by atoms with Gasteiger partial charge in [0.2, 0.25) is 0 Å². The molecule has 21 heavy (non-hydrogen) atoms. The van der Waals surface area contributed by atoms with E-state index in [2.05, 4.69) is 15.6 Å². The predicted octanol–water partition coefficient (Wildman–Crippen LogP) is 0.741. The largest absolute Gasteiger partial charge is 0.433 e. The van der Waals surface area contributed by atoms with Crippen molar-refractivity contribution in [3.63, 3.8) is 0 Å². The number of rotatable bonds is 7. The van der Waals surface area contributed by atoms with Crippen LogP contribution in [0.5, 0.6) is 0 Å². The molecule has 0 aliphatic heterocycles. The summed E-state index contributed by atoms with van der Waals surface area (Å²) in [5.74, 6) is 0. The molecule has 0 saturated heterocycles. The Morgan fingerprint density at radius 3 is 2.86 bits per heavy atom. The van der Waals surface area contributed by atoms with Crippen molar-refractivity contribution in [2.24, 2.45) is 0 Å². The minimum absolute atomic E-state index is 0.479. The summed E-state index contributed by atoms with van der Waals surface area (Å²) in [6.45, 7) is 0.479. The quantitative estimate of drug-likeness (QED) is 0.461. The van der Waals surface area contributed by atoms with Gasteiger partial charge in [-0.25, -0.2) is 4.79 Å². The molecule has 1 aromatic heterocycles. The van der Waals surface area contributed by atoms with E-state index in [9.17, 15) is 4.79 Å². The van der Waals surface area contributed by atoms with E-state index < -0.39 is 15.4 Å². The van der Waals surface area contributed by atoms with Crippen LogP contribution in [0.4, 0.5) is 4.79 Å². The summed E-state index contributed by atoms with van der Waals surface area (Å²) in [6.07, 6.45) is 0.178. The minimum Gasteiger partial charge on any atom is -0.397 e. The maximum atomic E-state index is 11.7. The number of hydrogen-bond donors (Lipinski definition) is 1. The molecular formula is C12H17N4O4Si. The molecule has 1 N–H and O–H groups in total. The van der Waals surface area contributed by atoms with Crippen LogP contribution in [-0.4, -0.2) is 51.3 Å². The zero-order valence-electron chi connectivity index (χ0n) is 11.9. The highest BCUT2D eigenvalue weighted by molar-refractivity contribution is 6.44. The van der Waals surface area contributed by atoms with Gasteiger partial charge >= 0.3 is 15.4 Å². The van der Waals surface area contributed by atoms with E-state index >= 15 is 0 Å². The second-order valence-corrected chi connectivity index (χ2v) is 6.20. The van der Waals surface area contributed by atoms with Gasteiger partial charge in [-0.3, -0.25) is 4.84 Å². The number of para-hydroxylation sites is 1. The van der Waals surface area contributed by atoms with E-state index in [-0.39, 0.29) is 0 Å². The van der Waals surface area contributed by atoms with Crippen molar-refractivity contribution in [2.45, 2.75) is 12.5 Å². The fraction of sp³-hybridized carbons (Fsp3) is 0.417. The third-order valence-electron chi connectivity index (χ3n) is 2.77. The summed E-state index contributed by atoms with van der Waals surface area (Å²) in [5, 5.41) is 10.3. The average molecular weight is 309 g/mol. The van der Waals surface area contributed by atoms with Crippen LogP contribution in [0.1, 0.15) is 6.42 Å². The average Bonchev–Trinajstić information content (AvgIpc) is 2.91.